The summed E-state index contributed by atoms with van der Waals surface area (Å²) in [4.78, 5) is 11.0. The number of aromatic carboxylic acids is 1. The molecule has 4 N–H and O–H groups in total. The highest BCUT2D eigenvalue weighted by molar-refractivity contribution is 5.90. The third kappa shape index (κ3) is 1.72. The number of hydrogen-bond acceptors (Lipinski definition) is 3. The van der Waals surface area contributed by atoms with E-state index in [1.54, 1.807) is 12.1 Å². The number of nitrogen functional groups attached to an aromatic ring is 1. The maximum atomic E-state index is 11.0. The number of rotatable bonds is 3. The smallest absolute Gasteiger partial charge is 0.335 e. The Morgan fingerprint density at radius 1 is 1.28 bits per heavy atom. The largest absolute Gasteiger partial charge is 0.478 e. The van der Waals surface area contributed by atoms with Crippen molar-refractivity contribution >= 4 is 17.3 Å². The molecule has 0 atom stereocenters. The first-order valence-electron chi connectivity index (χ1n) is 6.07. The molecule has 0 unspecified atom stereocenters. The fourth-order valence-corrected chi connectivity index (χ4v) is 2.53. The van der Waals surface area contributed by atoms with Crippen LogP contribution in [-0.2, 0) is 0 Å². The summed E-state index contributed by atoms with van der Waals surface area (Å²) in [5.74, 6) is -0.938. The van der Waals surface area contributed by atoms with Gasteiger partial charge in [-0.25, -0.2) is 4.79 Å². The third-order valence-corrected chi connectivity index (χ3v) is 4.62. The number of carboxylic acid groups (broad SMARTS) is 1. The minimum absolute atomic E-state index is 0.179. The van der Waals surface area contributed by atoms with Crippen LogP contribution in [0.3, 0.4) is 0 Å². The van der Waals surface area contributed by atoms with E-state index in [2.05, 4.69) is 33.0 Å². The van der Waals surface area contributed by atoms with E-state index < -0.39 is 5.97 Å². The van der Waals surface area contributed by atoms with Gasteiger partial charge in [-0.3, -0.25) is 0 Å². The molecular formula is C14H20N2O2. The van der Waals surface area contributed by atoms with Crippen LogP contribution in [0.2, 0.25) is 0 Å². The number of nitrogens with one attached hydrogen (secondary N) is 1. The Morgan fingerprint density at radius 3 is 2.28 bits per heavy atom. The molecular weight excluding hydrogens is 228 g/mol. The zero-order valence-electron chi connectivity index (χ0n) is 11.2. The average molecular weight is 248 g/mol. The summed E-state index contributed by atoms with van der Waals surface area (Å²) in [6.07, 6.45) is 0. The van der Waals surface area contributed by atoms with Crippen molar-refractivity contribution in [1.82, 2.24) is 0 Å². The van der Waals surface area contributed by atoms with E-state index >= 15 is 0 Å². The number of carbonyl (C=O) groups is 1. The minimum atomic E-state index is -0.938. The standard InChI is InChI=1S/C14H20N2O2/c1-13(2)12(14(13,3)4)16-10-7-8(11(17)18)5-6-9(10)15/h5-7,12,16H,15H2,1-4H3,(H,17,18). The van der Waals surface area contributed by atoms with Crippen LogP contribution in [0.1, 0.15) is 38.1 Å². The number of hydrogen-bond donors (Lipinski definition) is 3. The van der Waals surface area contributed by atoms with Gasteiger partial charge in [-0.1, -0.05) is 27.7 Å². The summed E-state index contributed by atoms with van der Waals surface area (Å²) in [6.45, 7) is 8.79. The summed E-state index contributed by atoms with van der Waals surface area (Å²) in [7, 11) is 0. The van der Waals surface area contributed by atoms with Crippen LogP contribution >= 0.6 is 0 Å². The second kappa shape index (κ2) is 3.64. The molecule has 1 aliphatic carbocycles. The van der Waals surface area contributed by atoms with Gasteiger partial charge in [0.1, 0.15) is 0 Å². The monoisotopic (exact) mass is 248 g/mol. The van der Waals surface area contributed by atoms with Gasteiger partial charge in [-0.05, 0) is 29.0 Å². The lowest BCUT2D eigenvalue weighted by Crippen LogP contribution is -2.12. The van der Waals surface area contributed by atoms with Crippen LogP contribution in [-0.4, -0.2) is 17.1 Å². The summed E-state index contributed by atoms with van der Waals surface area (Å²) in [5, 5.41) is 12.4. The van der Waals surface area contributed by atoms with Gasteiger partial charge in [-0.2, -0.15) is 0 Å². The molecule has 0 aromatic heterocycles. The topological polar surface area (TPSA) is 75.3 Å². The van der Waals surface area contributed by atoms with Gasteiger partial charge < -0.3 is 16.2 Å². The van der Waals surface area contributed by atoms with E-state index in [1.165, 1.54) is 6.07 Å². The first kappa shape index (κ1) is 12.7. The van der Waals surface area contributed by atoms with Gasteiger partial charge in [0.05, 0.1) is 16.9 Å². The molecule has 1 aromatic carbocycles. The van der Waals surface area contributed by atoms with E-state index in [-0.39, 0.29) is 16.4 Å². The summed E-state index contributed by atoms with van der Waals surface area (Å²) in [6, 6.07) is 5.05. The molecule has 18 heavy (non-hydrogen) atoms. The Labute approximate surface area is 107 Å². The number of anilines is 2. The van der Waals surface area contributed by atoms with Crippen LogP contribution in [0.25, 0.3) is 0 Å². The normalized spacial score (nSPS) is 20.4. The maximum Gasteiger partial charge on any atom is 0.335 e. The zero-order chi connectivity index (χ0) is 13.7. The highest BCUT2D eigenvalue weighted by Gasteiger charge is 2.65. The molecule has 4 heteroatoms. The van der Waals surface area contributed by atoms with Crippen LogP contribution in [0, 0.1) is 10.8 Å². The van der Waals surface area contributed by atoms with Crippen LogP contribution < -0.4 is 11.1 Å². The molecule has 0 radical (unpaired) electrons. The second-order valence-electron chi connectivity index (χ2n) is 6.13. The lowest BCUT2D eigenvalue weighted by atomic mass is 10.0. The van der Waals surface area contributed by atoms with Gasteiger partial charge in [0.25, 0.3) is 0 Å². The molecule has 0 amide bonds. The number of benzene rings is 1. The maximum absolute atomic E-state index is 11.0. The van der Waals surface area contributed by atoms with E-state index in [4.69, 9.17) is 10.8 Å². The average Bonchev–Trinajstić information content (AvgIpc) is 2.63. The van der Waals surface area contributed by atoms with Crippen molar-refractivity contribution < 1.29 is 9.90 Å². The summed E-state index contributed by atoms with van der Waals surface area (Å²) in [5.41, 5.74) is 7.79. The Morgan fingerprint density at radius 2 is 1.83 bits per heavy atom. The van der Waals surface area contributed by atoms with E-state index in [1.807, 2.05) is 0 Å². The molecule has 0 aliphatic heterocycles. The van der Waals surface area contributed by atoms with Crippen molar-refractivity contribution in [3.63, 3.8) is 0 Å². The molecule has 0 spiro atoms. The molecule has 1 fully saturated rings. The minimum Gasteiger partial charge on any atom is -0.478 e. The first-order valence-corrected chi connectivity index (χ1v) is 6.07. The van der Waals surface area contributed by atoms with Gasteiger partial charge in [0.2, 0.25) is 0 Å². The number of carboxylic acids is 1. The van der Waals surface area contributed by atoms with Crippen molar-refractivity contribution in [1.29, 1.82) is 0 Å². The van der Waals surface area contributed by atoms with Crippen LogP contribution in [0.15, 0.2) is 18.2 Å². The van der Waals surface area contributed by atoms with Gasteiger partial charge in [-0.15, -0.1) is 0 Å². The molecule has 2 rings (SSSR count). The molecule has 1 saturated carbocycles. The molecule has 0 saturated heterocycles. The molecule has 0 heterocycles. The number of nitrogens with two attached hydrogens (primary N) is 1. The Bertz CT molecular complexity index is 493. The fraction of sp³-hybridized carbons (Fsp3) is 0.500. The van der Waals surface area contributed by atoms with Gasteiger partial charge in [0.15, 0.2) is 0 Å². The Hall–Kier alpha value is -1.71. The van der Waals surface area contributed by atoms with Crippen molar-refractivity contribution in [2.45, 2.75) is 33.7 Å². The van der Waals surface area contributed by atoms with Gasteiger partial charge >= 0.3 is 5.97 Å². The quantitative estimate of drug-likeness (QED) is 0.719. The molecule has 1 aliphatic rings. The van der Waals surface area contributed by atoms with Crippen molar-refractivity contribution in [3.05, 3.63) is 23.8 Å². The third-order valence-electron chi connectivity index (χ3n) is 4.62. The predicted molar refractivity (Wildman–Crippen MR) is 72.8 cm³/mol. The van der Waals surface area contributed by atoms with E-state index in [0.29, 0.717) is 17.4 Å². The Kier molecular flexibility index (Phi) is 2.58. The fourth-order valence-electron chi connectivity index (χ4n) is 2.53. The second-order valence-corrected chi connectivity index (χ2v) is 6.13. The van der Waals surface area contributed by atoms with E-state index in [0.717, 1.165) is 0 Å². The molecule has 0 bridgehead atoms. The summed E-state index contributed by atoms with van der Waals surface area (Å²) >= 11 is 0. The van der Waals surface area contributed by atoms with Crippen molar-refractivity contribution in [2.24, 2.45) is 10.8 Å². The zero-order valence-corrected chi connectivity index (χ0v) is 11.2. The van der Waals surface area contributed by atoms with Crippen molar-refractivity contribution in [2.75, 3.05) is 11.1 Å². The van der Waals surface area contributed by atoms with Crippen LogP contribution in [0.4, 0.5) is 11.4 Å². The molecule has 1 aromatic rings. The Balaban J connectivity index is 2.26. The van der Waals surface area contributed by atoms with Gasteiger partial charge in [0, 0.05) is 6.04 Å². The highest BCUT2D eigenvalue weighted by atomic mass is 16.4. The SMILES string of the molecule is CC1(C)C(Nc2cc(C(=O)O)ccc2N)C1(C)C. The highest BCUT2D eigenvalue weighted by Crippen LogP contribution is 2.63. The van der Waals surface area contributed by atoms with Crippen molar-refractivity contribution in [3.8, 4) is 0 Å². The summed E-state index contributed by atoms with van der Waals surface area (Å²) < 4.78 is 0. The van der Waals surface area contributed by atoms with Crippen LogP contribution in [0.5, 0.6) is 0 Å². The lowest BCUT2D eigenvalue weighted by Gasteiger charge is -2.11. The predicted octanol–water partition coefficient (Wildman–Crippen LogP) is 2.81. The van der Waals surface area contributed by atoms with E-state index in [9.17, 15) is 4.79 Å². The lowest BCUT2D eigenvalue weighted by molar-refractivity contribution is 0.0697. The first-order chi connectivity index (χ1) is 8.18. The molecule has 98 valence electrons. The molecule has 4 nitrogen and oxygen atoms in total.